The number of ether oxygens (including phenoxy) is 1. The highest BCUT2D eigenvalue weighted by Gasteiger charge is 2.55. The van der Waals surface area contributed by atoms with Crippen molar-refractivity contribution in [1.82, 2.24) is 9.62 Å². The number of amides is 1. The molecule has 0 aliphatic carbocycles. The van der Waals surface area contributed by atoms with E-state index in [1.54, 1.807) is 118 Å². The van der Waals surface area contributed by atoms with Crippen LogP contribution < -0.4 is 4.72 Å². The maximum absolute atomic E-state index is 14.2. The molecule has 0 heterocycles. The number of carboxylic acid groups (broad SMARTS) is 1. The first-order valence-corrected chi connectivity index (χ1v) is 15.8. The zero-order valence-corrected chi connectivity index (χ0v) is 26.1. The molecule has 0 aromatic heterocycles. The van der Waals surface area contributed by atoms with E-state index in [0.29, 0.717) is 16.7 Å². The lowest BCUT2D eigenvalue weighted by molar-refractivity contribution is -0.154. The van der Waals surface area contributed by atoms with Gasteiger partial charge < -0.3 is 9.84 Å². The fourth-order valence-electron chi connectivity index (χ4n) is 5.05. The van der Waals surface area contributed by atoms with Gasteiger partial charge in [0.2, 0.25) is 10.0 Å². The van der Waals surface area contributed by atoms with Crippen LogP contribution in [0.5, 0.6) is 0 Å². The Morgan fingerprint density at radius 3 is 1.80 bits per heavy atom. The fourth-order valence-corrected chi connectivity index (χ4v) is 6.33. The molecule has 2 unspecified atom stereocenters. The molecular formula is C35H38N2O6S. The zero-order chi connectivity index (χ0) is 32.0. The van der Waals surface area contributed by atoms with Crippen LogP contribution in [0.2, 0.25) is 0 Å². The smallest absolute Gasteiger partial charge is 0.411 e. The van der Waals surface area contributed by atoms with Gasteiger partial charge in [-0.3, -0.25) is 4.90 Å². The maximum Gasteiger partial charge on any atom is 0.411 e. The predicted molar refractivity (Wildman–Crippen MR) is 169 cm³/mol. The third-order valence-electron chi connectivity index (χ3n) is 7.18. The molecule has 4 aromatic rings. The van der Waals surface area contributed by atoms with Gasteiger partial charge in [-0.05, 0) is 56.5 Å². The fraction of sp³-hybridized carbons (Fsp3) is 0.257. The lowest BCUT2D eigenvalue weighted by Gasteiger charge is -2.46. The molecule has 0 radical (unpaired) electrons. The van der Waals surface area contributed by atoms with Gasteiger partial charge >= 0.3 is 12.1 Å². The first kappa shape index (κ1) is 32.4. The van der Waals surface area contributed by atoms with Crippen molar-refractivity contribution in [2.24, 2.45) is 0 Å². The first-order chi connectivity index (χ1) is 20.8. The summed E-state index contributed by atoms with van der Waals surface area (Å²) in [5.41, 5.74) is -0.697. The molecule has 44 heavy (non-hydrogen) atoms. The van der Waals surface area contributed by atoms with Gasteiger partial charge in [-0.25, -0.2) is 22.7 Å². The maximum atomic E-state index is 14.2. The Hall–Kier alpha value is -4.47. The number of carboxylic acids is 1. The van der Waals surface area contributed by atoms with Gasteiger partial charge in [0, 0.05) is 6.42 Å². The van der Waals surface area contributed by atoms with E-state index in [2.05, 4.69) is 4.72 Å². The topological polar surface area (TPSA) is 113 Å². The van der Waals surface area contributed by atoms with E-state index in [-0.39, 0.29) is 17.9 Å². The van der Waals surface area contributed by atoms with Crippen LogP contribution in [-0.2, 0) is 32.5 Å². The van der Waals surface area contributed by atoms with Crippen LogP contribution in [-0.4, -0.2) is 41.6 Å². The standard InChI is InChI=1S/C35H38N2O6S/c1-26-20-22-30(23-21-26)44(41,42)36-31(29-18-12-7-13-19-29)35(32(38)39,24-27-14-8-5-9-15-27)37(33(40)43-34(2,3)4)25-28-16-10-6-11-17-28/h5-23,31,36H,24-25H2,1-4H3,(H,38,39). The Morgan fingerprint density at radius 1 is 0.795 bits per heavy atom. The van der Waals surface area contributed by atoms with E-state index in [9.17, 15) is 23.1 Å². The Balaban J connectivity index is 2.02. The lowest BCUT2D eigenvalue weighted by Crippen LogP contribution is -2.65. The molecular weight excluding hydrogens is 576 g/mol. The van der Waals surface area contributed by atoms with Crippen LogP contribution in [0.25, 0.3) is 0 Å². The highest BCUT2D eigenvalue weighted by Crippen LogP contribution is 2.39. The molecule has 0 saturated carbocycles. The number of nitrogens with one attached hydrogen (secondary N) is 1. The molecule has 0 aliphatic heterocycles. The number of aryl methyl sites for hydroxylation is 1. The van der Waals surface area contributed by atoms with Crippen LogP contribution in [0, 0.1) is 6.92 Å². The number of nitrogens with zero attached hydrogens (tertiary/aromatic N) is 1. The van der Waals surface area contributed by atoms with Crippen molar-refractivity contribution in [1.29, 1.82) is 0 Å². The van der Waals surface area contributed by atoms with Crippen LogP contribution >= 0.6 is 0 Å². The Morgan fingerprint density at radius 2 is 1.30 bits per heavy atom. The molecule has 2 N–H and O–H groups in total. The second-order valence-corrected chi connectivity index (χ2v) is 13.4. The zero-order valence-electron chi connectivity index (χ0n) is 25.3. The van der Waals surface area contributed by atoms with E-state index in [4.69, 9.17) is 4.74 Å². The van der Waals surface area contributed by atoms with E-state index in [1.165, 1.54) is 12.1 Å². The molecule has 4 rings (SSSR count). The normalized spacial score (nSPS) is 13.8. The monoisotopic (exact) mass is 614 g/mol. The second-order valence-electron chi connectivity index (χ2n) is 11.7. The lowest BCUT2D eigenvalue weighted by atomic mass is 9.78. The summed E-state index contributed by atoms with van der Waals surface area (Å²) >= 11 is 0. The molecule has 0 saturated heterocycles. The number of sulfonamides is 1. The molecule has 9 heteroatoms. The third-order valence-corrected chi connectivity index (χ3v) is 8.62. The quantitative estimate of drug-likeness (QED) is 0.199. The molecule has 2 atom stereocenters. The number of aliphatic carboxylic acids is 1. The van der Waals surface area contributed by atoms with Crippen molar-refractivity contribution in [2.75, 3.05) is 0 Å². The molecule has 0 aliphatic rings. The van der Waals surface area contributed by atoms with Gasteiger partial charge in [0.25, 0.3) is 0 Å². The number of benzene rings is 4. The van der Waals surface area contributed by atoms with Crippen molar-refractivity contribution < 1.29 is 27.9 Å². The first-order valence-electron chi connectivity index (χ1n) is 14.3. The summed E-state index contributed by atoms with van der Waals surface area (Å²) in [5, 5.41) is 11.3. The predicted octanol–water partition coefficient (Wildman–Crippen LogP) is 6.52. The number of rotatable bonds is 11. The minimum Gasteiger partial charge on any atom is -0.479 e. The summed E-state index contributed by atoms with van der Waals surface area (Å²) in [6.07, 6.45) is -1.12. The molecule has 1 amide bonds. The minimum atomic E-state index is -4.29. The Labute approximate surface area is 259 Å². The van der Waals surface area contributed by atoms with Crippen molar-refractivity contribution in [2.45, 2.75) is 62.7 Å². The molecule has 0 fully saturated rings. The van der Waals surface area contributed by atoms with E-state index >= 15 is 0 Å². The number of hydrogen-bond acceptors (Lipinski definition) is 5. The minimum absolute atomic E-state index is 0.0325. The second kappa shape index (κ2) is 13.4. The van der Waals surface area contributed by atoms with E-state index < -0.39 is 39.3 Å². The van der Waals surface area contributed by atoms with E-state index in [1.807, 2.05) is 13.0 Å². The molecule has 4 aromatic carbocycles. The number of hydrogen-bond donors (Lipinski definition) is 2. The van der Waals surface area contributed by atoms with Crippen LogP contribution in [0.1, 0.15) is 49.1 Å². The van der Waals surface area contributed by atoms with Crippen LogP contribution in [0.4, 0.5) is 4.79 Å². The van der Waals surface area contributed by atoms with Crippen molar-refractivity contribution in [3.05, 3.63) is 138 Å². The Kier molecular flexibility index (Phi) is 9.91. The Bertz CT molecular complexity index is 1660. The van der Waals surface area contributed by atoms with Gasteiger partial charge in [0.05, 0.1) is 17.5 Å². The van der Waals surface area contributed by atoms with Crippen LogP contribution in [0.15, 0.2) is 120 Å². The molecule has 0 spiro atoms. The van der Waals surface area contributed by atoms with Gasteiger partial charge in [-0.15, -0.1) is 0 Å². The largest absolute Gasteiger partial charge is 0.479 e. The summed E-state index contributed by atoms with van der Waals surface area (Å²) in [7, 11) is -4.29. The summed E-state index contributed by atoms with van der Waals surface area (Å²) in [6.45, 7) is 6.76. The summed E-state index contributed by atoms with van der Waals surface area (Å²) < 4.78 is 36.5. The van der Waals surface area contributed by atoms with Crippen LogP contribution in [0.3, 0.4) is 0 Å². The number of carbonyl (C=O) groups is 2. The van der Waals surface area contributed by atoms with Crippen molar-refractivity contribution >= 4 is 22.1 Å². The number of carbonyl (C=O) groups excluding carboxylic acids is 1. The summed E-state index contributed by atoms with van der Waals surface area (Å²) in [6, 6.07) is 31.1. The van der Waals surface area contributed by atoms with Gasteiger partial charge in [-0.1, -0.05) is 109 Å². The van der Waals surface area contributed by atoms with E-state index in [0.717, 1.165) is 10.5 Å². The van der Waals surface area contributed by atoms with Gasteiger partial charge in [0.1, 0.15) is 5.60 Å². The van der Waals surface area contributed by atoms with Gasteiger partial charge in [-0.2, -0.15) is 0 Å². The third kappa shape index (κ3) is 7.72. The average molecular weight is 615 g/mol. The average Bonchev–Trinajstić information content (AvgIpc) is 2.98. The molecule has 230 valence electrons. The molecule has 8 nitrogen and oxygen atoms in total. The SMILES string of the molecule is Cc1ccc(S(=O)(=O)NC(c2ccccc2)C(Cc2ccccc2)(C(=O)O)N(Cc2ccccc2)C(=O)OC(C)(C)C)cc1. The highest BCUT2D eigenvalue weighted by atomic mass is 32.2. The van der Waals surface area contributed by atoms with Gasteiger partial charge in [0.15, 0.2) is 5.54 Å². The van der Waals surface area contributed by atoms with Crippen molar-refractivity contribution in [3.8, 4) is 0 Å². The summed E-state index contributed by atoms with van der Waals surface area (Å²) in [5.74, 6) is -1.40. The molecule has 0 bridgehead atoms. The van der Waals surface area contributed by atoms with Crippen molar-refractivity contribution in [3.63, 3.8) is 0 Å². The summed E-state index contributed by atoms with van der Waals surface area (Å²) in [4.78, 5) is 29.2. The highest BCUT2D eigenvalue weighted by molar-refractivity contribution is 7.89.